The van der Waals surface area contributed by atoms with E-state index >= 15 is 0 Å². The molecule has 112 valence electrons. The Bertz CT molecular complexity index is 399. The maximum absolute atomic E-state index is 6.34. The summed E-state index contributed by atoms with van der Waals surface area (Å²) in [6.45, 7) is 3.33. The predicted octanol–water partition coefficient (Wildman–Crippen LogP) is 5.48. The van der Waals surface area contributed by atoms with Gasteiger partial charge in [-0.15, -0.1) is 0 Å². The largest absolute Gasteiger partial charge is 0.314 e. The van der Waals surface area contributed by atoms with Crippen molar-refractivity contribution in [3.8, 4) is 0 Å². The van der Waals surface area contributed by atoms with Crippen LogP contribution in [0.25, 0.3) is 0 Å². The number of hydrogen-bond donors (Lipinski definition) is 1. The highest BCUT2D eigenvalue weighted by Gasteiger charge is 2.24. The van der Waals surface area contributed by atoms with Crippen LogP contribution in [-0.4, -0.2) is 12.6 Å². The van der Waals surface area contributed by atoms with Crippen LogP contribution >= 0.6 is 23.2 Å². The lowest BCUT2D eigenvalue weighted by molar-refractivity contribution is 0.333. The second-order valence-electron chi connectivity index (χ2n) is 5.86. The molecule has 0 aromatic heterocycles. The van der Waals surface area contributed by atoms with Crippen molar-refractivity contribution in [2.75, 3.05) is 6.54 Å². The van der Waals surface area contributed by atoms with E-state index in [1.54, 1.807) is 0 Å². The highest BCUT2D eigenvalue weighted by Crippen LogP contribution is 2.32. The molecule has 1 aliphatic rings. The Kier molecular flexibility index (Phi) is 6.67. The van der Waals surface area contributed by atoms with Crippen molar-refractivity contribution < 1.29 is 0 Å². The maximum Gasteiger partial charge on any atom is 0.0452 e. The standard InChI is InChI=1S/C17H25Cl2N/c1-2-11-20-17-10-5-3-4-7-13(17)12-14-15(18)8-6-9-16(14)19/h6,8-9,13,17,20H,2-5,7,10-12H2,1H3. The van der Waals surface area contributed by atoms with Crippen LogP contribution in [0.4, 0.5) is 0 Å². The lowest BCUT2D eigenvalue weighted by Crippen LogP contribution is -2.37. The number of benzene rings is 1. The molecule has 0 aliphatic heterocycles. The lowest BCUT2D eigenvalue weighted by atomic mass is 9.88. The van der Waals surface area contributed by atoms with E-state index in [1.165, 1.54) is 38.5 Å². The lowest BCUT2D eigenvalue weighted by Gasteiger charge is -2.27. The van der Waals surface area contributed by atoms with Gasteiger partial charge in [0.2, 0.25) is 0 Å². The van der Waals surface area contributed by atoms with Crippen LogP contribution in [0.15, 0.2) is 18.2 Å². The van der Waals surface area contributed by atoms with Gasteiger partial charge in [0, 0.05) is 16.1 Å². The van der Waals surface area contributed by atoms with Gasteiger partial charge < -0.3 is 5.32 Å². The SMILES string of the molecule is CCCNC1CCCCCC1Cc1c(Cl)cccc1Cl. The van der Waals surface area contributed by atoms with E-state index in [0.29, 0.717) is 12.0 Å². The van der Waals surface area contributed by atoms with Crippen molar-refractivity contribution in [2.24, 2.45) is 5.92 Å². The van der Waals surface area contributed by atoms with E-state index in [1.807, 2.05) is 18.2 Å². The molecule has 1 N–H and O–H groups in total. The van der Waals surface area contributed by atoms with Gasteiger partial charge in [-0.05, 0) is 55.8 Å². The van der Waals surface area contributed by atoms with Gasteiger partial charge >= 0.3 is 0 Å². The van der Waals surface area contributed by atoms with E-state index in [0.717, 1.165) is 28.6 Å². The minimum absolute atomic E-state index is 0.616. The zero-order valence-electron chi connectivity index (χ0n) is 12.3. The smallest absolute Gasteiger partial charge is 0.0452 e. The molecule has 0 spiro atoms. The molecule has 1 aromatic rings. The molecule has 0 radical (unpaired) electrons. The van der Waals surface area contributed by atoms with E-state index in [4.69, 9.17) is 23.2 Å². The molecule has 2 unspecified atom stereocenters. The Balaban J connectivity index is 2.10. The second kappa shape index (κ2) is 8.26. The van der Waals surface area contributed by atoms with Gasteiger partial charge in [-0.25, -0.2) is 0 Å². The molecule has 0 bridgehead atoms. The Morgan fingerprint density at radius 3 is 2.50 bits per heavy atom. The van der Waals surface area contributed by atoms with Crippen LogP contribution in [0.1, 0.15) is 51.0 Å². The molecule has 3 heteroatoms. The topological polar surface area (TPSA) is 12.0 Å². The first-order valence-electron chi connectivity index (χ1n) is 7.88. The summed E-state index contributed by atoms with van der Waals surface area (Å²) in [5.74, 6) is 0.654. The van der Waals surface area contributed by atoms with Crippen LogP contribution in [0.5, 0.6) is 0 Å². The Labute approximate surface area is 133 Å². The van der Waals surface area contributed by atoms with E-state index < -0.39 is 0 Å². The summed E-state index contributed by atoms with van der Waals surface area (Å²) >= 11 is 12.7. The van der Waals surface area contributed by atoms with Gasteiger partial charge in [-0.3, -0.25) is 0 Å². The second-order valence-corrected chi connectivity index (χ2v) is 6.68. The molecule has 1 saturated carbocycles. The summed E-state index contributed by atoms with van der Waals surface area (Å²) in [4.78, 5) is 0. The van der Waals surface area contributed by atoms with Crippen LogP contribution in [0, 0.1) is 5.92 Å². The van der Waals surface area contributed by atoms with E-state index in [9.17, 15) is 0 Å². The van der Waals surface area contributed by atoms with Gasteiger partial charge in [0.25, 0.3) is 0 Å². The third-order valence-electron chi connectivity index (χ3n) is 4.34. The van der Waals surface area contributed by atoms with Gasteiger partial charge in [0.15, 0.2) is 0 Å². The average Bonchev–Trinajstić information content (AvgIpc) is 2.66. The highest BCUT2D eigenvalue weighted by atomic mass is 35.5. The zero-order valence-corrected chi connectivity index (χ0v) is 13.8. The summed E-state index contributed by atoms with van der Waals surface area (Å²) in [5, 5.41) is 5.37. The van der Waals surface area contributed by atoms with Crippen LogP contribution in [0.2, 0.25) is 10.0 Å². The number of rotatable bonds is 5. The normalized spacial score (nSPS) is 23.6. The number of hydrogen-bond acceptors (Lipinski definition) is 1. The minimum Gasteiger partial charge on any atom is -0.314 e. The highest BCUT2D eigenvalue weighted by molar-refractivity contribution is 6.35. The Hall–Kier alpha value is -0.240. The summed E-state index contributed by atoms with van der Waals surface area (Å²) in [7, 11) is 0. The molecule has 2 atom stereocenters. The molecular weight excluding hydrogens is 289 g/mol. The van der Waals surface area contributed by atoms with Crippen molar-refractivity contribution in [3.05, 3.63) is 33.8 Å². The summed E-state index contributed by atoms with van der Waals surface area (Å²) in [6.07, 6.45) is 8.79. The van der Waals surface area contributed by atoms with Crippen LogP contribution in [-0.2, 0) is 6.42 Å². The fourth-order valence-corrected chi connectivity index (χ4v) is 3.77. The Morgan fingerprint density at radius 1 is 1.10 bits per heavy atom. The number of halogens is 2. The first-order valence-corrected chi connectivity index (χ1v) is 8.64. The van der Waals surface area contributed by atoms with Crippen molar-refractivity contribution in [1.82, 2.24) is 5.32 Å². The molecule has 1 nitrogen and oxygen atoms in total. The molecule has 20 heavy (non-hydrogen) atoms. The first-order chi connectivity index (χ1) is 9.72. The van der Waals surface area contributed by atoms with Crippen LogP contribution in [0.3, 0.4) is 0 Å². The number of nitrogens with one attached hydrogen (secondary N) is 1. The molecule has 0 heterocycles. The third kappa shape index (κ3) is 4.38. The summed E-state index contributed by atoms with van der Waals surface area (Å²) in [6, 6.07) is 6.44. The summed E-state index contributed by atoms with van der Waals surface area (Å²) in [5.41, 5.74) is 1.13. The average molecular weight is 314 g/mol. The molecule has 1 aromatic carbocycles. The summed E-state index contributed by atoms with van der Waals surface area (Å²) < 4.78 is 0. The quantitative estimate of drug-likeness (QED) is 0.709. The van der Waals surface area contributed by atoms with Gasteiger partial charge in [0.05, 0.1) is 0 Å². The molecule has 2 rings (SSSR count). The fraction of sp³-hybridized carbons (Fsp3) is 0.647. The molecular formula is C17H25Cl2N. The molecule has 1 aliphatic carbocycles. The third-order valence-corrected chi connectivity index (χ3v) is 5.05. The van der Waals surface area contributed by atoms with Crippen molar-refractivity contribution in [2.45, 2.75) is 57.9 Å². The molecule has 0 saturated heterocycles. The van der Waals surface area contributed by atoms with E-state index in [-0.39, 0.29) is 0 Å². The van der Waals surface area contributed by atoms with Crippen molar-refractivity contribution >= 4 is 23.2 Å². The fourth-order valence-electron chi connectivity index (χ4n) is 3.22. The zero-order chi connectivity index (χ0) is 14.4. The maximum atomic E-state index is 6.34. The van der Waals surface area contributed by atoms with Crippen molar-refractivity contribution in [3.63, 3.8) is 0 Å². The van der Waals surface area contributed by atoms with E-state index in [2.05, 4.69) is 12.2 Å². The first kappa shape index (κ1) is 16.1. The van der Waals surface area contributed by atoms with Gasteiger partial charge in [0.1, 0.15) is 0 Å². The molecule has 1 fully saturated rings. The van der Waals surface area contributed by atoms with Gasteiger partial charge in [-0.2, -0.15) is 0 Å². The molecule has 0 amide bonds. The Morgan fingerprint density at radius 2 is 1.80 bits per heavy atom. The monoisotopic (exact) mass is 313 g/mol. The van der Waals surface area contributed by atoms with Crippen LogP contribution < -0.4 is 5.32 Å². The predicted molar refractivity (Wildman–Crippen MR) is 88.8 cm³/mol. The van der Waals surface area contributed by atoms with Crippen molar-refractivity contribution in [1.29, 1.82) is 0 Å². The van der Waals surface area contributed by atoms with Gasteiger partial charge in [-0.1, -0.05) is 55.5 Å². The minimum atomic E-state index is 0.616.